The van der Waals surface area contributed by atoms with Crippen molar-refractivity contribution in [1.29, 1.82) is 0 Å². The average Bonchev–Trinajstić information content (AvgIpc) is 2.84. The number of carbonyl (C=O) groups is 1. The van der Waals surface area contributed by atoms with E-state index < -0.39 is 5.60 Å². The first kappa shape index (κ1) is 15.8. The molecule has 0 radical (unpaired) electrons. The van der Waals surface area contributed by atoms with E-state index in [1.807, 2.05) is 20.8 Å². The van der Waals surface area contributed by atoms with E-state index in [4.69, 9.17) is 21.1 Å². The lowest BCUT2D eigenvalue weighted by Gasteiger charge is -2.28. The Morgan fingerprint density at radius 3 is 2.71 bits per heavy atom. The van der Waals surface area contributed by atoms with Gasteiger partial charge in [0.2, 0.25) is 0 Å². The summed E-state index contributed by atoms with van der Waals surface area (Å²) in [5.41, 5.74) is -0.496. The molecule has 0 aromatic carbocycles. The number of hydrogen-bond donors (Lipinski definition) is 0. The summed E-state index contributed by atoms with van der Waals surface area (Å²) >= 11 is 5.72. The zero-order chi connectivity index (χ0) is 15.5. The quantitative estimate of drug-likeness (QED) is 0.858. The van der Waals surface area contributed by atoms with E-state index in [9.17, 15) is 4.79 Å². The lowest BCUT2D eigenvalue weighted by atomic mass is 10.2. The van der Waals surface area contributed by atoms with Crippen molar-refractivity contribution >= 4 is 17.7 Å². The molecule has 1 unspecified atom stereocenters. The molecule has 0 N–H and O–H groups in total. The van der Waals surface area contributed by atoms with Crippen molar-refractivity contribution in [3.05, 3.63) is 17.4 Å². The zero-order valence-corrected chi connectivity index (χ0v) is 13.3. The van der Waals surface area contributed by atoms with Gasteiger partial charge in [0.05, 0.1) is 23.5 Å². The highest BCUT2D eigenvalue weighted by Crippen LogP contribution is 2.21. The SMILES string of the molecule is CC(C)(C)OC(=O)N1CCCC1COc1ncc(Cl)cn1. The Balaban J connectivity index is 1.90. The van der Waals surface area contributed by atoms with Crippen molar-refractivity contribution in [3.63, 3.8) is 0 Å². The van der Waals surface area contributed by atoms with Gasteiger partial charge >= 0.3 is 12.1 Å². The van der Waals surface area contributed by atoms with E-state index in [1.165, 1.54) is 12.4 Å². The highest BCUT2D eigenvalue weighted by atomic mass is 35.5. The maximum Gasteiger partial charge on any atom is 0.410 e. The predicted octanol–water partition coefficient (Wildman–Crippen LogP) is 2.91. The summed E-state index contributed by atoms with van der Waals surface area (Å²) in [5.74, 6) is 0. The second-order valence-corrected chi connectivity index (χ2v) is 6.40. The largest absolute Gasteiger partial charge is 0.461 e. The number of aromatic nitrogens is 2. The Morgan fingerprint density at radius 2 is 2.10 bits per heavy atom. The van der Waals surface area contributed by atoms with Gasteiger partial charge < -0.3 is 14.4 Å². The van der Waals surface area contributed by atoms with E-state index in [0.29, 0.717) is 18.2 Å². The molecule has 2 heterocycles. The van der Waals surface area contributed by atoms with Gasteiger partial charge in [0.15, 0.2) is 0 Å². The van der Waals surface area contributed by atoms with Crippen LogP contribution in [-0.4, -0.2) is 45.8 Å². The van der Waals surface area contributed by atoms with Crippen molar-refractivity contribution in [3.8, 4) is 6.01 Å². The summed E-state index contributed by atoms with van der Waals surface area (Å²) in [6, 6.07) is 0.245. The Kier molecular flexibility index (Phi) is 4.88. The van der Waals surface area contributed by atoms with Crippen LogP contribution in [0.3, 0.4) is 0 Å². The molecule has 1 saturated heterocycles. The van der Waals surface area contributed by atoms with Gasteiger partial charge in [0, 0.05) is 6.54 Å². The maximum atomic E-state index is 12.1. The third-order valence-electron chi connectivity index (χ3n) is 3.01. The molecule has 0 aliphatic carbocycles. The van der Waals surface area contributed by atoms with Gasteiger partial charge in [-0.1, -0.05) is 11.6 Å². The van der Waals surface area contributed by atoms with Crippen molar-refractivity contribution in [2.75, 3.05) is 13.2 Å². The summed E-state index contributed by atoms with van der Waals surface area (Å²) in [6.07, 6.45) is 4.47. The molecular weight excluding hydrogens is 294 g/mol. The van der Waals surface area contributed by atoms with Crippen LogP contribution in [0, 0.1) is 0 Å². The minimum Gasteiger partial charge on any atom is -0.461 e. The van der Waals surface area contributed by atoms with Crippen LogP contribution in [0.25, 0.3) is 0 Å². The fourth-order valence-corrected chi connectivity index (χ4v) is 2.21. The number of carbonyl (C=O) groups excluding carboxylic acids is 1. The average molecular weight is 314 g/mol. The second-order valence-electron chi connectivity index (χ2n) is 5.96. The van der Waals surface area contributed by atoms with E-state index in [-0.39, 0.29) is 18.1 Å². The van der Waals surface area contributed by atoms with Crippen LogP contribution >= 0.6 is 11.6 Å². The monoisotopic (exact) mass is 313 g/mol. The van der Waals surface area contributed by atoms with Gasteiger partial charge in [-0.3, -0.25) is 0 Å². The fraction of sp³-hybridized carbons (Fsp3) is 0.643. The number of ether oxygens (including phenoxy) is 2. The molecule has 1 aliphatic heterocycles. The smallest absolute Gasteiger partial charge is 0.410 e. The van der Waals surface area contributed by atoms with Gasteiger partial charge in [-0.25, -0.2) is 14.8 Å². The molecule has 21 heavy (non-hydrogen) atoms. The number of amides is 1. The summed E-state index contributed by atoms with van der Waals surface area (Å²) < 4.78 is 10.9. The summed E-state index contributed by atoms with van der Waals surface area (Å²) in [4.78, 5) is 21.8. The van der Waals surface area contributed by atoms with Crippen molar-refractivity contribution in [2.45, 2.75) is 45.3 Å². The Morgan fingerprint density at radius 1 is 1.43 bits per heavy atom. The van der Waals surface area contributed by atoms with Crippen LogP contribution in [0.15, 0.2) is 12.4 Å². The van der Waals surface area contributed by atoms with Crippen molar-refractivity contribution in [2.24, 2.45) is 0 Å². The minimum atomic E-state index is -0.496. The highest BCUT2D eigenvalue weighted by Gasteiger charge is 2.32. The first-order valence-electron chi connectivity index (χ1n) is 6.95. The molecule has 6 nitrogen and oxygen atoms in total. The van der Waals surface area contributed by atoms with Crippen molar-refractivity contribution < 1.29 is 14.3 Å². The van der Waals surface area contributed by atoms with Gasteiger partial charge in [-0.15, -0.1) is 0 Å². The molecule has 1 aromatic heterocycles. The number of halogens is 1. The Labute approximate surface area is 129 Å². The number of rotatable bonds is 3. The molecule has 0 spiro atoms. The highest BCUT2D eigenvalue weighted by molar-refractivity contribution is 6.30. The Hall–Kier alpha value is -1.56. The normalized spacial score (nSPS) is 18.7. The number of likely N-dealkylation sites (tertiary alicyclic amines) is 1. The van der Waals surface area contributed by atoms with Crippen LogP contribution in [0.4, 0.5) is 4.79 Å². The predicted molar refractivity (Wildman–Crippen MR) is 78.5 cm³/mol. The molecule has 1 atom stereocenters. The lowest BCUT2D eigenvalue weighted by Crippen LogP contribution is -2.42. The lowest BCUT2D eigenvalue weighted by molar-refractivity contribution is 0.0184. The molecule has 1 amide bonds. The topological polar surface area (TPSA) is 64.5 Å². The van der Waals surface area contributed by atoms with Crippen LogP contribution in [0.2, 0.25) is 5.02 Å². The first-order valence-corrected chi connectivity index (χ1v) is 7.33. The molecule has 1 aromatic rings. The second kappa shape index (κ2) is 6.47. The van der Waals surface area contributed by atoms with Crippen molar-refractivity contribution in [1.82, 2.24) is 14.9 Å². The van der Waals surface area contributed by atoms with E-state index in [0.717, 1.165) is 12.8 Å². The van der Waals surface area contributed by atoms with E-state index >= 15 is 0 Å². The van der Waals surface area contributed by atoms with Crippen LogP contribution in [0.5, 0.6) is 6.01 Å². The van der Waals surface area contributed by atoms with E-state index in [1.54, 1.807) is 4.90 Å². The number of hydrogen-bond acceptors (Lipinski definition) is 5. The molecule has 1 fully saturated rings. The third kappa shape index (κ3) is 4.74. The summed E-state index contributed by atoms with van der Waals surface area (Å²) in [7, 11) is 0. The van der Waals surface area contributed by atoms with Gasteiger partial charge in [0.1, 0.15) is 12.2 Å². The summed E-state index contributed by atoms with van der Waals surface area (Å²) in [6.45, 7) is 6.60. The molecule has 7 heteroatoms. The van der Waals surface area contributed by atoms with Crippen LogP contribution < -0.4 is 4.74 Å². The molecule has 0 saturated carbocycles. The standard InChI is InChI=1S/C14H20ClN3O3/c1-14(2,3)21-13(19)18-6-4-5-11(18)9-20-12-16-7-10(15)8-17-12/h7-8,11H,4-6,9H2,1-3H3. The molecule has 1 aliphatic rings. The number of nitrogens with zero attached hydrogens (tertiary/aromatic N) is 3. The first-order chi connectivity index (χ1) is 9.85. The van der Waals surface area contributed by atoms with Gasteiger partial charge in [-0.05, 0) is 33.6 Å². The van der Waals surface area contributed by atoms with Crippen LogP contribution in [-0.2, 0) is 4.74 Å². The third-order valence-corrected chi connectivity index (χ3v) is 3.20. The summed E-state index contributed by atoms with van der Waals surface area (Å²) in [5, 5.41) is 0.457. The van der Waals surface area contributed by atoms with E-state index in [2.05, 4.69) is 9.97 Å². The maximum absolute atomic E-state index is 12.1. The Bertz CT molecular complexity index is 487. The van der Waals surface area contributed by atoms with Gasteiger partial charge in [0.25, 0.3) is 0 Å². The fourth-order valence-electron chi connectivity index (χ4n) is 2.12. The molecule has 2 rings (SSSR count). The molecule has 0 bridgehead atoms. The zero-order valence-electron chi connectivity index (χ0n) is 12.5. The van der Waals surface area contributed by atoms with Gasteiger partial charge in [-0.2, -0.15) is 0 Å². The molecular formula is C14H20ClN3O3. The minimum absolute atomic E-state index is 0.0147. The molecule has 116 valence electrons. The van der Waals surface area contributed by atoms with Crippen LogP contribution in [0.1, 0.15) is 33.6 Å².